The van der Waals surface area contributed by atoms with E-state index in [4.69, 9.17) is 28.9 Å². The van der Waals surface area contributed by atoms with Gasteiger partial charge in [-0.3, -0.25) is 0 Å². The second-order valence-electron chi connectivity index (χ2n) is 5.41. The van der Waals surface area contributed by atoms with Gasteiger partial charge >= 0.3 is 0 Å². The minimum absolute atomic E-state index is 0.212. The predicted octanol–water partition coefficient (Wildman–Crippen LogP) is 3.67. The van der Waals surface area contributed by atoms with Crippen molar-refractivity contribution in [3.63, 3.8) is 0 Å². The van der Waals surface area contributed by atoms with Crippen molar-refractivity contribution < 1.29 is 8.42 Å². The molecule has 0 radical (unpaired) electrons. The van der Waals surface area contributed by atoms with Crippen molar-refractivity contribution in [1.82, 2.24) is 0 Å². The molecule has 0 aromatic heterocycles. The number of halogens is 2. The highest BCUT2D eigenvalue weighted by Crippen LogP contribution is 2.34. The van der Waals surface area contributed by atoms with Gasteiger partial charge in [-0.2, -0.15) is 0 Å². The van der Waals surface area contributed by atoms with Gasteiger partial charge in [0.1, 0.15) is 0 Å². The third kappa shape index (κ3) is 3.14. The van der Waals surface area contributed by atoms with Crippen LogP contribution in [0.5, 0.6) is 0 Å². The van der Waals surface area contributed by atoms with Crippen molar-refractivity contribution in [3.05, 3.63) is 28.2 Å². The van der Waals surface area contributed by atoms with E-state index < -0.39 is 15.1 Å². The fourth-order valence-electron chi connectivity index (χ4n) is 2.79. The Balaban J connectivity index is 2.35. The molecule has 0 spiro atoms. The van der Waals surface area contributed by atoms with Gasteiger partial charge in [0.25, 0.3) is 0 Å². The van der Waals surface area contributed by atoms with E-state index in [1.165, 1.54) is 18.2 Å². The van der Waals surface area contributed by atoms with Crippen LogP contribution in [0.1, 0.15) is 32.6 Å². The maximum absolute atomic E-state index is 12.7. The van der Waals surface area contributed by atoms with Gasteiger partial charge in [0.2, 0.25) is 0 Å². The van der Waals surface area contributed by atoms with E-state index in [1.54, 1.807) is 0 Å². The van der Waals surface area contributed by atoms with Crippen LogP contribution >= 0.6 is 23.2 Å². The topological polar surface area (TPSA) is 60.2 Å². The normalized spacial score (nSPS) is 27.5. The molecule has 1 saturated carbocycles. The number of rotatable bonds is 3. The van der Waals surface area contributed by atoms with Gasteiger partial charge in [-0.25, -0.2) is 8.42 Å². The lowest BCUT2D eigenvalue weighted by Gasteiger charge is -2.33. The highest BCUT2D eigenvalue weighted by Gasteiger charge is 2.37. The molecule has 3 nitrogen and oxygen atoms in total. The van der Waals surface area contributed by atoms with Gasteiger partial charge < -0.3 is 5.73 Å². The minimum atomic E-state index is -3.46. The first-order valence-corrected chi connectivity index (χ1v) is 9.11. The molecule has 0 heterocycles. The first kappa shape index (κ1) is 16.1. The zero-order valence-corrected chi connectivity index (χ0v) is 13.7. The molecule has 1 aromatic rings. The van der Waals surface area contributed by atoms with Gasteiger partial charge in [-0.05, 0) is 43.4 Å². The summed E-state index contributed by atoms with van der Waals surface area (Å²) in [5, 5.41) is 0.0765. The zero-order valence-electron chi connectivity index (χ0n) is 11.4. The van der Waals surface area contributed by atoms with Crippen LogP contribution in [0.25, 0.3) is 0 Å². The van der Waals surface area contributed by atoms with Crippen molar-refractivity contribution in [2.24, 2.45) is 11.7 Å². The van der Waals surface area contributed by atoms with Crippen molar-refractivity contribution in [2.75, 3.05) is 0 Å². The Labute approximate surface area is 130 Å². The van der Waals surface area contributed by atoms with Crippen LogP contribution in [0.3, 0.4) is 0 Å². The number of nitrogens with two attached hydrogens (primary N) is 1. The summed E-state index contributed by atoms with van der Waals surface area (Å²) in [7, 11) is -3.46. The summed E-state index contributed by atoms with van der Waals surface area (Å²) in [5.74, 6) is 0.428. The van der Waals surface area contributed by atoms with Gasteiger partial charge in [-0.15, -0.1) is 0 Å². The number of benzene rings is 1. The van der Waals surface area contributed by atoms with Gasteiger partial charge in [0.15, 0.2) is 9.84 Å². The highest BCUT2D eigenvalue weighted by molar-refractivity contribution is 7.92. The van der Waals surface area contributed by atoms with Crippen LogP contribution in [0.2, 0.25) is 10.0 Å². The third-order valence-corrected chi connectivity index (χ3v) is 7.14. The Bertz CT molecular complexity index is 589. The first-order chi connectivity index (χ1) is 9.36. The van der Waals surface area contributed by atoms with Crippen LogP contribution in [0.15, 0.2) is 23.1 Å². The standard InChI is InChI=1S/C14H19Cl2NO2S/c1-2-9-3-6-13(17)14(7-9)20(18,19)10-4-5-11(15)12(16)8-10/h4-5,8-9,13-14H,2-3,6-7,17H2,1H3. The Kier molecular flexibility index (Phi) is 5.00. The van der Waals surface area contributed by atoms with Gasteiger partial charge in [-0.1, -0.05) is 36.5 Å². The average Bonchev–Trinajstić information content (AvgIpc) is 2.42. The maximum atomic E-state index is 12.7. The molecule has 0 amide bonds. The molecule has 6 heteroatoms. The molecular formula is C14H19Cl2NO2S. The van der Waals surface area contributed by atoms with E-state index in [0.29, 0.717) is 17.4 Å². The quantitative estimate of drug-likeness (QED) is 0.916. The summed E-state index contributed by atoms with van der Waals surface area (Å²) in [4.78, 5) is 0.212. The summed E-state index contributed by atoms with van der Waals surface area (Å²) in [5.41, 5.74) is 6.05. The Morgan fingerprint density at radius 2 is 1.95 bits per heavy atom. The van der Waals surface area contributed by atoms with Crippen molar-refractivity contribution in [2.45, 2.75) is 48.8 Å². The monoisotopic (exact) mass is 335 g/mol. The van der Waals surface area contributed by atoms with Crippen molar-refractivity contribution in [3.8, 4) is 0 Å². The molecule has 1 aliphatic carbocycles. The van der Waals surface area contributed by atoms with Gasteiger partial charge in [0.05, 0.1) is 20.2 Å². The summed E-state index contributed by atoms with van der Waals surface area (Å²) in [6.07, 6.45) is 3.37. The SMILES string of the molecule is CCC1CCC(N)C(S(=O)(=O)c2ccc(Cl)c(Cl)c2)C1. The van der Waals surface area contributed by atoms with Crippen molar-refractivity contribution in [1.29, 1.82) is 0 Å². The zero-order chi connectivity index (χ0) is 14.9. The Hall–Kier alpha value is -0.290. The molecule has 0 aliphatic heterocycles. The lowest BCUT2D eigenvalue weighted by atomic mass is 9.84. The fraction of sp³-hybridized carbons (Fsp3) is 0.571. The molecule has 0 bridgehead atoms. The van der Waals surface area contributed by atoms with Gasteiger partial charge in [0, 0.05) is 6.04 Å². The number of hydrogen-bond donors (Lipinski definition) is 1. The average molecular weight is 336 g/mol. The van der Waals surface area contributed by atoms with E-state index in [9.17, 15) is 8.42 Å². The molecule has 1 aliphatic rings. The van der Waals surface area contributed by atoms with Crippen molar-refractivity contribution >= 4 is 33.0 Å². The fourth-order valence-corrected chi connectivity index (χ4v) is 5.17. The van der Waals surface area contributed by atoms with E-state index >= 15 is 0 Å². The minimum Gasteiger partial charge on any atom is -0.327 e. The third-order valence-electron chi connectivity index (χ3n) is 4.15. The largest absolute Gasteiger partial charge is 0.327 e. The molecule has 2 N–H and O–H groups in total. The maximum Gasteiger partial charge on any atom is 0.182 e. The lowest BCUT2D eigenvalue weighted by molar-refractivity contribution is 0.319. The van der Waals surface area contributed by atoms with Crippen LogP contribution in [0, 0.1) is 5.92 Å². The van der Waals surface area contributed by atoms with E-state index in [0.717, 1.165) is 19.3 Å². The molecule has 0 saturated heterocycles. The molecule has 112 valence electrons. The van der Waals surface area contributed by atoms with E-state index in [1.807, 2.05) is 0 Å². The van der Waals surface area contributed by atoms with Crippen LogP contribution in [-0.4, -0.2) is 19.7 Å². The smallest absolute Gasteiger partial charge is 0.182 e. The van der Waals surface area contributed by atoms with Crippen LogP contribution < -0.4 is 5.73 Å². The predicted molar refractivity (Wildman–Crippen MR) is 83.0 cm³/mol. The van der Waals surface area contributed by atoms with Crippen LogP contribution in [0.4, 0.5) is 0 Å². The summed E-state index contributed by atoms with van der Waals surface area (Å²) in [6.45, 7) is 2.09. The molecule has 2 rings (SSSR count). The molecule has 3 unspecified atom stereocenters. The molecule has 1 aromatic carbocycles. The second-order valence-corrected chi connectivity index (χ2v) is 8.39. The highest BCUT2D eigenvalue weighted by atomic mass is 35.5. The van der Waals surface area contributed by atoms with E-state index in [-0.39, 0.29) is 16.0 Å². The van der Waals surface area contributed by atoms with Crippen LogP contribution in [-0.2, 0) is 9.84 Å². The molecular weight excluding hydrogens is 317 g/mol. The number of hydrogen-bond acceptors (Lipinski definition) is 3. The molecule has 1 fully saturated rings. The summed E-state index contributed by atoms with van der Waals surface area (Å²) >= 11 is 11.8. The summed E-state index contributed by atoms with van der Waals surface area (Å²) in [6, 6.07) is 4.13. The first-order valence-electron chi connectivity index (χ1n) is 6.80. The summed E-state index contributed by atoms with van der Waals surface area (Å²) < 4.78 is 25.5. The van der Waals surface area contributed by atoms with E-state index in [2.05, 4.69) is 6.92 Å². The Morgan fingerprint density at radius 1 is 1.25 bits per heavy atom. The molecule has 20 heavy (non-hydrogen) atoms. The second kappa shape index (κ2) is 6.22. The number of sulfone groups is 1. The lowest BCUT2D eigenvalue weighted by Crippen LogP contribution is -2.45. The Morgan fingerprint density at radius 3 is 2.55 bits per heavy atom. The molecule has 3 atom stereocenters.